The fraction of sp³-hybridized carbons (Fsp3) is 0.200. The lowest BCUT2D eigenvalue weighted by Gasteiger charge is -1.72. The normalized spacial score (nSPS) is 27.8. The first-order valence-electron chi connectivity index (χ1n) is 1.80. The summed E-state index contributed by atoms with van der Waals surface area (Å²) in [5.74, 6) is 0. The molecule has 0 aromatic heterocycles. The summed E-state index contributed by atoms with van der Waals surface area (Å²) >= 11 is 0. The molecule has 0 aromatic rings. The van der Waals surface area contributed by atoms with Gasteiger partial charge in [-0.25, -0.2) is 0 Å². The smallest absolute Gasteiger partial charge is 0.0125 e. The predicted octanol–water partition coefficient (Wildman–Crippen LogP) is 1.37. The van der Waals surface area contributed by atoms with Crippen molar-refractivity contribution in [3.05, 3.63) is 17.6 Å². The molecule has 0 N–H and O–H groups in total. The monoisotopic (exact) mass is 98.0 g/mol. The van der Waals surface area contributed by atoms with Gasteiger partial charge in [-0.3, -0.25) is 0 Å². The molecule has 0 radical (unpaired) electrons. The number of allylic oxidation sites excluding steroid dienone is 2. The second-order valence-electron chi connectivity index (χ2n) is 1.17. The highest BCUT2D eigenvalue weighted by molar-refractivity contribution is 8.16. The van der Waals surface area contributed by atoms with Crippen LogP contribution in [0.3, 0.4) is 0 Å². The van der Waals surface area contributed by atoms with Crippen LogP contribution in [0.5, 0.6) is 0 Å². The third-order valence-corrected chi connectivity index (χ3v) is 1.71. The quantitative estimate of drug-likeness (QED) is 0.401. The SMILES string of the molecule is CS1=C=CC=C1. The molecule has 1 heteroatoms. The van der Waals surface area contributed by atoms with Crippen molar-refractivity contribution in [2.24, 2.45) is 0 Å². The van der Waals surface area contributed by atoms with Crippen LogP contribution < -0.4 is 0 Å². The van der Waals surface area contributed by atoms with Crippen LogP contribution in [0, 0.1) is 0 Å². The van der Waals surface area contributed by atoms with Crippen molar-refractivity contribution in [3.63, 3.8) is 0 Å². The Bertz CT molecular complexity index is 136. The van der Waals surface area contributed by atoms with Gasteiger partial charge >= 0.3 is 0 Å². The third kappa shape index (κ3) is 0.618. The van der Waals surface area contributed by atoms with Crippen LogP contribution in [0.4, 0.5) is 0 Å². The first kappa shape index (κ1) is 3.91. The largest absolute Gasteiger partial charge is 0.122 e. The summed E-state index contributed by atoms with van der Waals surface area (Å²) in [4.78, 5) is 0. The van der Waals surface area contributed by atoms with Gasteiger partial charge in [0.1, 0.15) is 0 Å². The molecule has 32 valence electrons. The van der Waals surface area contributed by atoms with E-state index in [0.717, 1.165) is 0 Å². The van der Waals surface area contributed by atoms with E-state index in [2.05, 4.69) is 16.7 Å². The van der Waals surface area contributed by atoms with Gasteiger partial charge in [-0.15, -0.1) is 10.5 Å². The van der Waals surface area contributed by atoms with Gasteiger partial charge in [-0.1, -0.05) is 5.02 Å². The summed E-state index contributed by atoms with van der Waals surface area (Å²) in [6, 6.07) is 0. The highest BCUT2D eigenvalue weighted by Crippen LogP contribution is 2.08. The molecule has 0 aromatic carbocycles. The van der Waals surface area contributed by atoms with Gasteiger partial charge in [0.15, 0.2) is 0 Å². The minimum Gasteiger partial charge on any atom is -0.122 e. The van der Waals surface area contributed by atoms with E-state index in [1.165, 1.54) is 0 Å². The van der Waals surface area contributed by atoms with Gasteiger partial charge in [0.05, 0.1) is 0 Å². The molecular weight excluding hydrogens is 92.1 g/mol. The summed E-state index contributed by atoms with van der Waals surface area (Å²) in [6.07, 6.45) is 6.13. The third-order valence-electron chi connectivity index (χ3n) is 0.633. The highest BCUT2D eigenvalue weighted by Gasteiger charge is 1.75. The average Bonchev–Trinajstić information content (AvgIpc) is 1.86. The molecular formula is C5H6S. The Balaban J connectivity index is 2.98. The van der Waals surface area contributed by atoms with Gasteiger partial charge in [0, 0.05) is 0 Å². The van der Waals surface area contributed by atoms with Gasteiger partial charge in [0.25, 0.3) is 0 Å². The zero-order valence-electron chi connectivity index (χ0n) is 3.64. The zero-order chi connectivity index (χ0) is 4.41. The molecule has 1 atom stereocenters. The second kappa shape index (κ2) is 1.46. The van der Waals surface area contributed by atoms with Gasteiger partial charge in [0.2, 0.25) is 0 Å². The Labute approximate surface area is 40.1 Å². The van der Waals surface area contributed by atoms with Crippen LogP contribution in [0.15, 0.2) is 17.6 Å². The van der Waals surface area contributed by atoms with Crippen molar-refractivity contribution in [1.29, 1.82) is 0 Å². The molecule has 0 saturated carbocycles. The number of hydrogen-bond donors (Lipinski definition) is 0. The van der Waals surface area contributed by atoms with E-state index in [9.17, 15) is 0 Å². The van der Waals surface area contributed by atoms with Crippen molar-refractivity contribution >= 4 is 15.5 Å². The minimum absolute atomic E-state index is 0.341. The van der Waals surface area contributed by atoms with Gasteiger partial charge < -0.3 is 0 Å². The minimum atomic E-state index is 0.341. The molecule has 1 unspecified atom stereocenters. The molecule has 1 aliphatic heterocycles. The van der Waals surface area contributed by atoms with Crippen LogP contribution in [0.25, 0.3) is 0 Å². The van der Waals surface area contributed by atoms with Crippen LogP contribution in [-0.4, -0.2) is 11.3 Å². The molecule has 0 bridgehead atoms. The van der Waals surface area contributed by atoms with E-state index in [1.54, 1.807) is 0 Å². The van der Waals surface area contributed by atoms with Crippen molar-refractivity contribution in [3.8, 4) is 0 Å². The van der Waals surface area contributed by atoms with Crippen molar-refractivity contribution in [1.82, 2.24) is 0 Å². The molecule has 1 rings (SSSR count). The Kier molecular flexibility index (Phi) is 0.952. The Morgan fingerprint density at radius 1 is 1.67 bits per heavy atom. The summed E-state index contributed by atoms with van der Waals surface area (Å²) < 4.78 is 0. The van der Waals surface area contributed by atoms with Gasteiger partial charge in [-0.2, -0.15) is 0 Å². The van der Waals surface area contributed by atoms with E-state index in [-0.39, 0.29) is 0 Å². The van der Waals surface area contributed by atoms with E-state index in [4.69, 9.17) is 0 Å². The maximum Gasteiger partial charge on any atom is -0.0125 e. The van der Waals surface area contributed by atoms with Gasteiger partial charge in [-0.05, 0) is 23.8 Å². The highest BCUT2D eigenvalue weighted by atomic mass is 32.2. The lowest BCUT2D eigenvalue weighted by atomic mass is 10.6. The molecule has 0 fully saturated rings. The Hall–Kier alpha value is -0.260. The Morgan fingerprint density at radius 3 is 2.67 bits per heavy atom. The van der Waals surface area contributed by atoms with Crippen molar-refractivity contribution < 1.29 is 0 Å². The van der Waals surface area contributed by atoms with Crippen molar-refractivity contribution in [2.45, 2.75) is 0 Å². The zero-order valence-corrected chi connectivity index (χ0v) is 4.46. The lowest BCUT2D eigenvalue weighted by Crippen LogP contribution is -1.42. The second-order valence-corrected chi connectivity index (χ2v) is 2.79. The van der Waals surface area contributed by atoms with Crippen LogP contribution >= 0.6 is 10.5 Å². The van der Waals surface area contributed by atoms with Crippen LogP contribution in [0.2, 0.25) is 0 Å². The van der Waals surface area contributed by atoms with Crippen LogP contribution in [0.1, 0.15) is 0 Å². The first-order chi connectivity index (χ1) is 2.89. The summed E-state index contributed by atoms with van der Waals surface area (Å²) in [6.45, 7) is 0. The van der Waals surface area contributed by atoms with E-state index in [1.807, 2.05) is 12.2 Å². The number of rotatable bonds is 0. The lowest BCUT2D eigenvalue weighted by molar-refractivity contribution is 2.20. The fourth-order valence-corrected chi connectivity index (χ4v) is 1.03. The van der Waals surface area contributed by atoms with E-state index >= 15 is 0 Å². The first-order valence-corrected chi connectivity index (χ1v) is 3.50. The standard InChI is InChI=1S/C5H6S/c1-6-4-2-3-5-6/h2-4H,1H3. The molecule has 1 heterocycles. The molecule has 0 amide bonds. The summed E-state index contributed by atoms with van der Waals surface area (Å²) in [5, 5.41) is 5.25. The maximum absolute atomic E-state index is 3.11. The van der Waals surface area contributed by atoms with Crippen LogP contribution in [-0.2, 0) is 0 Å². The van der Waals surface area contributed by atoms with E-state index < -0.39 is 0 Å². The van der Waals surface area contributed by atoms with E-state index in [0.29, 0.717) is 10.5 Å². The molecule has 1 aliphatic rings. The summed E-state index contributed by atoms with van der Waals surface area (Å²) in [7, 11) is 0.341. The summed E-state index contributed by atoms with van der Waals surface area (Å²) in [5.41, 5.74) is 0. The number of hydrogen-bond acceptors (Lipinski definition) is 0. The predicted molar refractivity (Wildman–Crippen MR) is 32.2 cm³/mol. The molecule has 0 aliphatic carbocycles. The maximum atomic E-state index is 3.11. The molecule has 0 saturated heterocycles. The average molecular weight is 98.2 g/mol. The molecule has 0 spiro atoms. The fourth-order valence-electron chi connectivity index (χ4n) is 0.343. The molecule has 6 heavy (non-hydrogen) atoms. The Morgan fingerprint density at radius 2 is 2.50 bits per heavy atom. The van der Waals surface area contributed by atoms with Crippen molar-refractivity contribution in [2.75, 3.05) is 6.26 Å². The molecule has 0 nitrogen and oxygen atoms in total. The topological polar surface area (TPSA) is 0 Å².